The number of hydrogen-bond donors (Lipinski definition) is 7. The Morgan fingerprint density at radius 2 is 1.55 bits per heavy atom. The van der Waals surface area contributed by atoms with Crippen LogP contribution >= 0.6 is 0 Å². The van der Waals surface area contributed by atoms with Crippen molar-refractivity contribution in [2.75, 3.05) is 6.61 Å². The van der Waals surface area contributed by atoms with Crippen LogP contribution in [0.5, 0.6) is 0 Å². The third kappa shape index (κ3) is 6.07. The van der Waals surface area contributed by atoms with Crippen molar-refractivity contribution in [1.82, 2.24) is 0 Å². The van der Waals surface area contributed by atoms with Crippen LogP contribution in [-0.4, -0.2) is 133 Å². The molecule has 4 aliphatic carbocycles. The Morgan fingerprint density at radius 3 is 2.20 bits per heavy atom. The molecule has 7 N–H and O–H groups in total. The average molecular weight is 791 g/mol. The number of rotatable bonds is 6. The standard InChI is InChI=1S/C42H62O14/c1-18(2)12-20-14-41(8,51)34-24(53-20)15-39(6)26-11-10-21-22(42(26,9)27(44)16-40(34,39)7)13-23(35(50)38(21,4)5)54-37-33(31(48)29(46)25(17-43)55-37)56-36-32(49)30(47)28(45)19(3)52-36/h10,12-13,19-20,22,24-26,28-34,36-37,43,45-49,51H,11,14-17H2,1-9H3/t19-,20+,22-,24-,25+,26-,28-,29+,30+,31-,32+,33+,34+,36-,37+,39+,40+,41-,42+/m0/s1. The molecule has 0 radical (unpaired) electrons. The molecular weight excluding hydrogens is 728 g/mol. The number of hydrogen-bond acceptors (Lipinski definition) is 14. The summed E-state index contributed by atoms with van der Waals surface area (Å²) in [6.07, 6.45) is -8.40. The quantitative estimate of drug-likeness (QED) is 0.190. The monoisotopic (exact) mass is 790 g/mol. The molecule has 0 unspecified atom stereocenters. The van der Waals surface area contributed by atoms with Crippen molar-refractivity contribution in [3.8, 4) is 0 Å². The Morgan fingerprint density at radius 1 is 0.875 bits per heavy atom. The molecular formula is C42H62O14. The summed E-state index contributed by atoms with van der Waals surface area (Å²) in [6, 6.07) is 0. The highest BCUT2D eigenvalue weighted by Gasteiger charge is 2.75. The van der Waals surface area contributed by atoms with Crippen molar-refractivity contribution in [3.05, 3.63) is 35.1 Å². The van der Waals surface area contributed by atoms with Gasteiger partial charge in [-0.1, -0.05) is 44.1 Å². The average Bonchev–Trinajstić information content (AvgIpc) is 3.34. The van der Waals surface area contributed by atoms with Crippen LogP contribution in [0.25, 0.3) is 0 Å². The molecule has 3 saturated heterocycles. The Labute approximate surface area is 328 Å². The number of carbonyl (C=O) groups excluding carboxylic acids is 2. The molecule has 0 aromatic rings. The van der Waals surface area contributed by atoms with Crippen LogP contribution in [0.1, 0.15) is 88.0 Å². The summed E-state index contributed by atoms with van der Waals surface area (Å²) in [5.41, 5.74) is -2.36. The summed E-state index contributed by atoms with van der Waals surface area (Å²) < 4.78 is 30.5. The normalized spacial score (nSPS) is 52.5. The lowest BCUT2D eigenvalue weighted by Crippen LogP contribution is -2.65. The van der Waals surface area contributed by atoms with Crippen LogP contribution in [0.3, 0.4) is 0 Å². The first-order valence-corrected chi connectivity index (χ1v) is 20.1. The van der Waals surface area contributed by atoms with E-state index in [1.165, 1.54) is 6.92 Å². The van der Waals surface area contributed by atoms with Crippen LogP contribution in [0.15, 0.2) is 35.1 Å². The maximum atomic E-state index is 15.0. The highest BCUT2D eigenvalue weighted by molar-refractivity contribution is 6.02. The van der Waals surface area contributed by atoms with Gasteiger partial charge >= 0.3 is 0 Å². The molecule has 0 spiro atoms. The number of Topliss-reactive ketones (excluding diaryl/α,β-unsaturated/α-hetero) is 2. The van der Waals surface area contributed by atoms with Gasteiger partial charge in [0.15, 0.2) is 18.2 Å². The molecule has 7 rings (SSSR count). The Bertz CT molecular complexity index is 1680. The number of allylic oxidation sites excluding steroid dienone is 5. The number of carbonyl (C=O) groups is 2. The summed E-state index contributed by atoms with van der Waals surface area (Å²) in [7, 11) is 0. The van der Waals surface area contributed by atoms with Crippen molar-refractivity contribution in [2.45, 2.75) is 167 Å². The fourth-order valence-electron chi connectivity index (χ4n) is 12.2. The van der Waals surface area contributed by atoms with Gasteiger partial charge in [-0.2, -0.15) is 0 Å². The zero-order valence-electron chi connectivity index (χ0n) is 33.9. The molecule has 3 aliphatic heterocycles. The van der Waals surface area contributed by atoms with E-state index in [-0.39, 0.29) is 42.0 Å². The van der Waals surface area contributed by atoms with E-state index in [0.717, 1.165) is 11.1 Å². The fourth-order valence-corrected chi connectivity index (χ4v) is 12.2. The number of aliphatic hydroxyl groups excluding tert-OH is 6. The first-order valence-electron chi connectivity index (χ1n) is 20.1. The Kier molecular flexibility index (Phi) is 10.5. The van der Waals surface area contributed by atoms with Crippen LogP contribution in [-0.2, 0) is 33.3 Å². The summed E-state index contributed by atoms with van der Waals surface area (Å²) in [4.78, 5) is 29.4. The summed E-state index contributed by atoms with van der Waals surface area (Å²) in [6.45, 7) is 16.5. The van der Waals surface area contributed by atoms with Gasteiger partial charge in [0.25, 0.3) is 0 Å². The van der Waals surface area contributed by atoms with Gasteiger partial charge in [0.05, 0.1) is 35.9 Å². The van der Waals surface area contributed by atoms with Gasteiger partial charge < -0.3 is 59.4 Å². The van der Waals surface area contributed by atoms with E-state index < -0.39 is 107 Å². The largest absolute Gasteiger partial charge is 0.459 e. The maximum Gasteiger partial charge on any atom is 0.229 e. The number of ketones is 2. The van der Waals surface area contributed by atoms with Gasteiger partial charge in [0.1, 0.15) is 42.4 Å². The van der Waals surface area contributed by atoms with Crippen molar-refractivity contribution < 1.29 is 69.0 Å². The first-order chi connectivity index (χ1) is 25.9. The molecule has 314 valence electrons. The number of fused-ring (bicyclic) bond motifs is 7. The molecule has 7 aliphatic rings. The van der Waals surface area contributed by atoms with Gasteiger partial charge in [0, 0.05) is 30.1 Å². The van der Waals surface area contributed by atoms with Crippen molar-refractivity contribution in [1.29, 1.82) is 0 Å². The van der Waals surface area contributed by atoms with Gasteiger partial charge in [0.2, 0.25) is 12.1 Å². The second kappa shape index (κ2) is 14.0. The second-order valence-electron chi connectivity index (χ2n) is 19.4. The number of ether oxygens (including phenoxy) is 5. The van der Waals surface area contributed by atoms with Crippen LogP contribution in [0.4, 0.5) is 0 Å². The summed E-state index contributed by atoms with van der Waals surface area (Å²) in [5.74, 6) is -1.63. The lowest BCUT2D eigenvalue weighted by Gasteiger charge is -2.64. The molecule has 0 bridgehead atoms. The third-order valence-corrected chi connectivity index (χ3v) is 15.3. The maximum absolute atomic E-state index is 15.0. The highest BCUT2D eigenvalue weighted by Crippen LogP contribution is 2.75. The molecule has 3 heterocycles. The van der Waals surface area contributed by atoms with E-state index in [1.807, 2.05) is 27.7 Å². The van der Waals surface area contributed by atoms with E-state index in [2.05, 4.69) is 26.0 Å². The molecule has 14 nitrogen and oxygen atoms in total. The minimum Gasteiger partial charge on any atom is -0.459 e. The summed E-state index contributed by atoms with van der Waals surface area (Å²) in [5, 5.41) is 75.6. The van der Waals surface area contributed by atoms with Crippen molar-refractivity contribution in [3.63, 3.8) is 0 Å². The minimum atomic E-state index is -1.78. The Balaban J connectivity index is 1.24. The predicted molar refractivity (Wildman–Crippen MR) is 198 cm³/mol. The SMILES string of the molecule is CC(C)=C[C@@H]1C[C@](C)(O)[C@@H]2[C@H](C[C@]3(C)[C@@H]4CC=C5[C@H](C=C(O[C@@H]6O[C@H](CO)[C@@H](O)[C@H](O)[C@H]6O[C@@H]6O[C@@H](C)[C@H](O)[C@@H](O)[C@H]6O)C(=O)C5(C)C)[C@@]4(C)C(=O)C[C@]23C)O1. The second-order valence-corrected chi connectivity index (χ2v) is 19.4. The van der Waals surface area contributed by atoms with Gasteiger partial charge in [-0.3, -0.25) is 9.59 Å². The predicted octanol–water partition coefficient (Wildman–Crippen LogP) is 1.60. The molecule has 0 aromatic carbocycles. The van der Waals surface area contributed by atoms with Crippen molar-refractivity contribution >= 4 is 11.6 Å². The topological polar surface area (TPSA) is 222 Å². The number of aliphatic hydroxyl groups is 7. The molecule has 14 heteroatoms. The lowest BCUT2D eigenvalue weighted by molar-refractivity contribution is -0.360. The zero-order valence-corrected chi connectivity index (χ0v) is 33.9. The van der Waals surface area contributed by atoms with Gasteiger partial charge in [-0.25, -0.2) is 0 Å². The fraction of sp³-hybridized carbons (Fsp3) is 0.810. The van der Waals surface area contributed by atoms with E-state index in [9.17, 15) is 45.3 Å². The van der Waals surface area contributed by atoms with Gasteiger partial charge in [-0.05, 0) is 77.2 Å². The first kappa shape index (κ1) is 42.1. The molecule has 5 fully saturated rings. The van der Waals surface area contributed by atoms with E-state index >= 15 is 0 Å². The van der Waals surface area contributed by atoms with Crippen molar-refractivity contribution in [2.24, 2.45) is 39.4 Å². The van der Waals surface area contributed by atoms with Crippen LogP contribution in [0.2, 0.25) is 0 Å². The molecule has 19 atom stereocenters. The molecule has 0 amide bonds. The molecule has 56 heavy (non-hydrogen) atoms. The molecule has 0 aromatic heterocycles. The minimum absolute atomic E-state index is 0.0222. The van der Waals surface area contributed by atoms with E-state index in [1.54, 1.807) is 19.9 Å². The van der Waals surface area contributed by atoms with Crippen LogP contribution in [0, 0.1) is 39.4 Å². The summed E-state index contributed by atoms with van der Waals surface area (Å²) >= 11 is 0. The van der Waals surface area contributed by atoms with E-state index in [4.69, 9.17) is 23.7 Å². The highest BCUT2D eigenvalue weighted by atomic mass is 16.8. The van der Waals surface area contributed by atoms with E-state index in [0.29, 0.717) is 19.3 Å². The van der Waals surface area contributed by atoms with Crippen LogP contribution < -0.4 is 0 Å². The smallest absolute Gasteiger partial charge is 0.229 e. The zero-order chi connectivity index (χ0) is 41.2. The third-order valence-electron chi connectivity index (χ3n) is 15.3. The molecule has 2 saturated carbocycles. The lowest BCUT2D eigenvalue weighted by atomic mass is 9.39. The Hall–Kier alpha value is -2.08. The van der Waals surface area contributed by atoms with Gasteiger partial charge in [-0.15, -0.1) is 0 Å².